The fourth-order valence-corrected chi connectivity index (χ4v) is 2.26. The lowest BCUT2D eigenvalue weighted by molar-refractivity contribution is 0.0883. The van der Waals surface area contributed by atoms with Gasteiger partial charge >= 0.3 is 0 Å². The highest BCUT2D eigenvalue weighted by molar-refractivity contribution is 5.95. The number of amides is 1. The maximum atomic E-state index is 13.6. The second-order valence-corrected chi connectivity index (χ2v) is 5.25. The summed E-state index contributed by atoms with van der Waals surface area (Å²) >= 11 is 0. The molecule has 1 heterocycles. The van der Waals surface area contributed by atoms with Gasteiger partial charge in [-0.1, -0.05) is 11.6 Å². The molecule has 1 aromatic rings. The molecule has 1 fully saturated rings. The summed E-state index contributed by atoms with van der Waals surface area (Å²) in [7, 11) is 0. The molecular weight excluding hydrogens is 231 g/mol. The number of halogens is 1. The number of carbonyl (C=O) groups excluding carboxylic acids is 1. The third-order valence-corrected chi connectivity index (χ3v) is 3.49. The minimum absolute atomic E-state index is 0.134. The quantitative estimate of drug-likeness (QED) is 0.843. The van der Waals surface area contributed by atoms with Gasteiger partial charge in [0.1, 0.15) is 5.82 Å². The summed E-state index contributed by atoms with van der Waals surface area (Å²) < 4.78 is 13.6. The minimum atomic E-state index is -0.462. The number of hydrogen-bond acceptors (Lipinski definition) is 2. The van der Waals surface area contributed by atoms with Crippen LogP contribution in [0.15, 0.2) is 18.2 Å². The van der Waals surface area contributed by atoms with Gasteiger partial charge in [0.15, 0.2) is 0 Å². The Hall–Kier alpha value is -1.42. The SMILES string of the molecule is Cc1ccc(F)c(C(=O)NC2(C)CCNCC2)c1. The van der Waals surface area contributed by atoms with Crippen molar-refractivity contribution in [3.05, 3.63) is 35.1 Å². The number of nitrogens with one attached hydrogen (secondary N) is 2. The minimum Gasteiger partial charge on any atom is -0.347 e. The summed E-state index contributed by atoms with van der Waals surface area (Å²) in [5, 5.41) is 6.21. The van der Waals surface area contributed by atoms with Crippen molar-refractivity contribution in [2.45, 2.75) is 32.2 Å². The largest absolute Gasteiger partial charge is 0.347 e. The van der Waals surface area contributed by atoms with Crippen molar-refractivity contribution in [2.75, 3.05) is 13.1 Å². The number of aryl methyl sites for hydroxylation is 1. The van der Waals surface area contributed by atoms with Crippen LogP contribution in [0.4, 0.5) is 4.39 Å². The Morgan fingerprint density at radius 1 is 1.39 bits per heavy atom. The van der Waals surface area contributed by atoms with Gasteiger partial charge in [0.2, 0.25) is 0 Å². The van der Waals surface area contributed by atoms with Crippen molar-refractivity contribution in [3.63, 3.8) is 0 Å². The predicted octanol–water partition coefficient (Wildman–Crippen LogP) is 2.01. The molecule has 0 bridgehead atoms. The van der Waals surface area contributed by atoms with Crippen LogP contribution in [-0.2, 0) is 0 Å². The molecule has 0 atom stereocenters. The molecule has 1 aromatic carbocycles. The van der Waals surface area contributed by atoms with Crippen molar-refractivity contribution < 1.29 is 9.18 Å². The first-order valence-electron chi connectivity index (χ1n) is 6.30. The molecule has 0 aromatic heterocycles. The zero-order valence-corrected chi connectivity index (χ0v) is 10.8. The molecule has 3 nitrogen and oxygen atoms in total. The predicted molar refractivity (Wildman–Crippen MR) is 69.1 cm³/mol. The van der Waals surface area contributed by atoms with Gasteiger partial charge in [0.05, 0.1) is 5.56 Å². The summed E-state index contributed by atoms with van der Waals surface area (Å²) in [5.74, 6) is -0.781. The van der Waals surface area contributed by atoms with E-state index in [-0.39, 0.29) is 17.0 Å². The maximum Gasteiger partial charge on any atom is 0.254 e. The van der Waals surface area contributed by atoms with Gasteiger partial charge in [0.25, 0.3) is 5.91 Å². The second-order valence-electron chi connectivity index (χ2n) is 5.25. The molecule has 0 radical (unpaired) electrons. The van der Waals surface area contributed by atoms with Crippen LogP contribution in [0, 0.1) is 12.7 Å². The van der Waals surface area contributed by atoms with Crippen molar-refractivity contribution in [1.82, 2.24) is 10.6 Å². The van der Waals surface area contributed by atoms with Crippen LogP contribution in [0.3, 0.4) is 0 Å². The van der Waals surface area contributed by atoms with Gasteiger partial charge in [-0.15, -0.1) is 0 Å². The molecule has 1 amide bonds. The third kappa shape index (κ3) is 2.88. The first kappa shape index (κ1) is 13.0. The highest BCUT2D eigenvalue weighted by Gasteiger charge is 2.29. The first-order valence-corrected chi connectivity index (χ1v) is 6.30. The van der Waals surface area contributed by atoms with Gasteiger partial charge in [-0.3, -0.25) is 4.79 Å². The number of piperidine rings is 1. The van der Waals surface area contributed by atoms with E-state index in [9.17, 15) is 9.18 Å². The van der Waals surface area contributed by atoms with Gasteiger partial charge in [-0.05, 0) is 51.9 Å². The Bertz CT molecular complexity index is 453. The lowest BCUT2D eigenvalue weighted by Crippen LogP contribution is -2.52. The normalized spacial score (nSPS) is 18.4. The Kier molecular flexibility index (Phi) is 3.66. The molecule has 18 heavy (non-hydrogen) atoms. The van der Waals surface area contributed by atoms with Crippen LogP contribution in [0.1, 0.15) is 35.7 Å². The molecule has 98 valence electrons. The Morgan fingerprint density at radius 3 is 2.72 bits per heavy atom. The molecule has 0 saturated carbocycles. The van der Waals surface area contributed by atoms with Crippen molar-refractivity contribution >= 4 is 5.91 Å². The number of benzene rings is 1. The molecule has 1 saturated heterocycles. The summed E-state index contributed by atoms with van der Waals surface area (Å²) in [6.45, 7) is 5.63. The molecule has 1 aliphatic rings. The lowest BCUT2D eigenvalue weighted by Gasteiger charge is -2.35. The monoisotopic (exact) mass is 250 g/mol. The highest BCUT2D eigenvalue weighted by atomic mass is 19.1. The smallest absolute Gasteiger partial charge is 0.254 e. The summed E-state index contributed by atoms with van der Waals surface area (Å²) in [5.41, 5.74) is 0.783. The molecule has 2 N–H and O–H groups in total. The molecule has 0 spiro atoms. The van der Waals surface area contributed by atoms with Crippen LogP contribution >= 0.6 is 0 Å². The topological polar surface area (TPSA) is 41.1 Å². The van der Waals surface area contributed by atoms with E-state index in [1.165, 1.54) is 6.07 Å². The van der Waals surface area contributed by atoms with E-state index in [1.807, 2.05) is 13.8 Å². The van der Waals surface area contributed by atoms with Crippen molar-refractivity contribution in [1.29, 1.82) is 0 Å². The van der Waals surface area contributed by atoms with E-state index in [0.717, 1.165) is 31.5 Å². The summed E-state index contributed by atoms with van der Waals surface area (Å²) in [6, 6.07) is 4.60. The van der Waals surface area contributed by atoms with Gasteiger partial charge in [-0.25, -0.2) is 4.39 Å². The number of hydrogen-bond donors (Lipinski definition) is 2. The molecule has 0 unspecified atom stereocenters. The Morgan fingerprint density at radius 2 is 2.06 bits per heavy atom. The maximum absolute atomic E-state index is 13.6. The van der Waals surface area contributed by atoms with Crippen LogP contribution in [0.25, 0.3) is 0 Å². The highest BCUT2D eigenvalue weighted by Crippen LogP contribution is 2.19. The summed E-state index contributed by atoms with van der Waals surface area (Å²) in [6.07, 6.45) is 1.73. The van der Waals surface area contributed by atoms with E-state index in [1.54, 1.807) is 12.1 Å². The van der Waals surface area contributed by atoms with Crippen molar-refractivity contribution in [2.24, 2.45) is 0 Å². The molecule has 4 heteroatoms. The van der Waals surface area contributed by atoms with Gasteiger partial charge in [0, 0.05) is 5.54 Å². The molecule has 0 aliphatic carbocycles. The van der Waals surface area contributed by atoms with E-state index >= 15 is 0 Å². The Balaban J connectivity index is 2.14. The van der Waals surface area contributed by atoms with Gasteiger partial charge < -0.3 is 10.6 Å². The number of carbonyl (C=O) groups is 1. The fourth-order valence-electron chi connectivity index (χ4n) is 2.26. The van der Waals surface area contributed by atoms with E-state index in [2.05, 4.69) is 10.6 Å². The molecule has 2 rings (SSSR count). The van der Waals surface area contributed by atoms with Gasteiger partial charge in [-0.2, -0.15) is 0 Å². The van der Waals surface area contributed by atoms with E-state index in [0.29, 0.717) is 0 Å². The van der Waals surface area contributed by atoms with E-state index < -0.39 is 5.82 Å². The zero-order valence-electron chi connectivity index (χ0n) is 10.8. The third-order valence-electron chi connectivity index (χ3n) is 3.49. The van der Waals surface area contributed by atoms with Crippen molar-refractivity contribution in [3.8, 4) is 0 Å². The fraction of sp³-hybridized carbons (Fsp3) is 0.500. The van der Waals surface area contributed by atoms with Crippen LogP contribution in [-0.4, -0.2) is 24.5 Å². The average molecular weight is 250 g/mol. The van der Waals surface area contributed by atoms with Crippen LogP contribution in [0.5, 0.6) is 0 Å². The lowest BCUT2D eigenvalue weighted by atomic mass is 9.90. The van der Waals surface area contributed by atoms with Crippen LogP contribution in [0.2, 0.25) is 0 Å². The van der Waals surface area contributed by atoms with Crippen LogP contribution < -0.4 is 10.6 Å². The Labute approximate surface area is 107 Å². The standard InChI is InChI=1S/C14H19FN2O/c1-10-3-4-12(15)11(9-10)13(18)17-14(2)5-7-16-8-6-14/h3-4,9,16H,5-8H2,1-2H3,(H,17,18). The second kappa shape index (κ2) is 5.06. The average Bonchev–Trinajstić information content (AvgIpc) is 2.32. The van der Waals surface area contributed by atoms with E-state index in [4.69, 9.17) is 0 Å². The number of rotatable bonds is 2. The summed E-state index contributed by atoms with van der Waals surface area (Å²) in [4.78, 5) is 12.1. The zero-order chi connectivity index (χ0) is 13.2. The molecular formula is C14H19FN2O. The first-order chi connectivity index (χ1) is 8.50. The molecule has 1 aliphatic heterocycles.